The van der Waals surface area contributed by atoms with Crippen molar-refractivity contribution in [3.8, 4) is 22.1 Å². The van der Waals surface area contributed by atoms with Crippen molar-refractivity contribution in [2.24, 2.45) is 0 Å². The van der Waals surface area contributed by atoms with Crippen molar-refractivity contribution >= 4 is 17.2 Å². The number of benzene rings is 2. The first kappa shape index (κ1) is 16.6. The Labute approximate surface area is 155 Å². The smallest absolute Gasteiger partial charge is 0.273 e. The van der Waals surface area contributed by atoms with E-state index >= 15 is 0 Å². The summed E-state index contributed by atoms with van der Waals surface area (Å²) in [6, 6.07) is 15.7. The van der Waals surface area contributed by atoms with Crippen LogP contribution in [0.15, 0.2) is 53.9 Å². The summed E-state index contributed by atoms with van der Waals surface area (Å²) < 4.78 is 10.8. The molecule has 0 N–H and O–H groups in total. The second-order valence-corrected chi connectivity index (χ2v) is 6.77. The van der Waals surface area contributed by atoms with Gasteiger partial charge in [0.2, 0.25) is 6.79 Å². The third kappa shape index (κ3) is 3.28. The maximum atomic E-state index is 12.9. The van der Waals surface area contributed by atoms with Gasteiger partial charge in [-0.25, -0.2) is 4.98 Å². The highest BCUT2D eigenvalue weighted by Gasteiger charge is 2.20. The number of thiazole rings is 1. The molecule has 1 aliphatic heterocycles. The van der Waals surface area contributed by atoms with Crippen LogP contribution >= 0.6 is 11.3 Å². The number of rotatable bonds is 5. The van der Waals surface area contributed by atoms with Crippen LogP contribution in [0.1, 0.15) is 23.0 Å². The molecule has 4 rings (SSSR count). The minimum Gasteiger partial charge on any atom is -0.454 e. The Morgan fingerprint density at radius 3 is 2.77 bits per heavy atom. The highest BCUT2D eigenvalue weighted by molar-refractivity contribution is 7.13. The first-order valence-corrected chi connectivity index (χ1v) is 9.31. The molecule has 6 heteroatoms. The molecule has 3 aromatic rings. The molecular formula is C20H18N2O3S. The minimum absolute atomic E-state index is 0.0661. The largest absolute Gasteiger partial charge is 0.454 e. The first-order chi connectivity index (χ1) is 12.7. The number of carbonyl (C=O) groups excluding carboxylic acids is 1. The van der Waals surface area contributed by atoms with Crippen molar-refractivity contribution in [3.63, 3.8) is 0 Å². The molecular weight excluding hydrogens is 348 g/mol. The number of fused-ring (bicyclic) bond motifs is 1. The van der Waals surface area contributed by atoms with Crippen LogP contribution in [0, 0.1) is 0 Å². The molecule has 0 unspecified atom stereocenters. The molecule has 132 valence electrons. The SMILES string of the molecule is CCN(Cc1ccc2c(c1)OCO2)C(=O)c1csc(-c2ccccc2)n1. The summed E-state index contributed by atoms with van der Waals surface area (Å²) >= 11 is 1.49. The molecule has 5 nitrogen and oxygen atoms in total. The molecule has 0 atom stereocenters. The van der Waals surface area contributed by atoms with E-state index < -0.39 is 0 Å². The van der Waals surface area contributed by atoms with Crippen LogP contribution < -0.4 is 9.47 Å². The van der Waals surface area contributed by atoms with Gasteiger partial charge in [-0.1, -0.05) is 36.4 Å². The lowest BCUT2D eigenvalue weighted by molar-refractivity contribution is 0.0747. The molecule has 0 radical (unpaired) electrons. The van der Waals surface area contributed by atoms with Crippen molar-refractivity contribution in [3.05, 3.63) is 65.2 Å². The zero-order valence-corrected chi connectivity index (χ0v) is 15.2. The Morgan fingerprint density at radius 2 is 1.96 bits per heavy atom. The van der Waals surface area contributed by atoms with E-state index in [1.54, 1.807) is 4.90 Å². The molecule has 0 bridgehead atoms. The van der Waals surface area contributed by atoms with Crippen LogP contribution in [-0.2, 0) is 6.54 Å². The van der Waals surface area contributed by atoms with E-state index in [1.165, 1.54) is 11.3 Å². The van der Waals surface area contributed by atoms with Crippen molar-refractivity contribution in [1.82, 2.24) is 9.88 Å². The maximum absolute atomic E-state index is 12.9. The number of nitrogens with zero attached hydrogens (tertiary/aromatic N) is 2. The third-order valence-electron chi connectivity index (χ3n) is 4.22. The van der Waals surface area contributed by atoms with Gasteiger partial charge in [-0.05, 0) is 24.6 Å². The standard InChI is InChI=1S/C20H18N2O3S/c1-2-22(11-14-8-9-17-18(10-14)25-13-24-17)20(23)16-12-26-19(21-16)15-6-4-3-5-7-15/h3-10,12H,2,11,13H2,1H3. The third-order valence-corrected chi connectivity index (χ3v) is 5.11. The summed E-state index contributed by atoms with van der Waals surface area (Å²) in [4.78, 5) is 19.2. The molecule has 1 aromatic heterocycles. The second kappa shape index (κ2) is 7.17. The summed E-state index contributed by atoms with van der Waals surface area (Å²) in [7, 11) is 0. The lowest BCUT2D eigenvalue weighted by Gasteiger charge is -2.20. The van der Waals surface area contributed by atoms with Gasteiger partial charge in [-0.15, -0.1) is 11.3 Å². The van der Waals surface area contributed by atoms with Gasteiger partial charge in [0.15, 0.2) is 11.5 Å². The summed E-state index contributed by atoms with van der Waals surface area (Å²) in [5.74, 6) is 1.41. The summed E-state index contributed by atoms with van der Waals surface area (Å²) in [6.45, 7) is 3.32. The number of aromatic nitrogens is 1. The molecule has 0 fully saturated rings. The van der Waals surface area contributed by atoms with Gasteiger partial charge in [0, 0.05) is 24.0 Å². The highest BCUT2D eigenvalue weighted by atomic mass is 32.1. The van der Waals surface area contributed by atoms with E-state index in [4.69, 9.17) is 9.47 Å². The van der Waals surface area contributed by atoms with Crippen LogP contribution in [0.25, 0.3) is 10.6 Å². The van der Waals surface area contributed by atoms with Crippen molar-refractivity contribution < 1.29 is 14.3 Å². The summed E-state index contributed by atoms with van der Waals surface area (Å²) in [5.41, 5.74) is 2.51. The Hall–Kier alpha value is -2.86. The molecule has 0 spiro atoms. The fourth-order valence-corrected chi connectivity index (χ4v) is 3.63. The lowest BCUT2D eigenvalue weighted by atomic mass is 10.2. The van der Waals surface area contributed by atoms with Gasteiger partial charge in [-0.2, -0.15) is 0 Å². The van der Waals surface area contributed by atoms with Gasteiger partial charge in [0.25, 0.3) is 5.91 Å². The molecule has 2 heterocycles. The maximum Gasteiger partial charge on any atom is 0.273 e. The van der Waals surface area contributed by atoms with Crippen molar-refractivity contribution in [2.45, 2.75) is 13.5 Å². The molecule has 1 aliphatic rings. The molecule has 1 amide bonds. The topological polar surface area (TPSA) is 51.7 Å². The van der Waals surface area contributed by atoms with E-state index in [0.29, 0.717) is 18.8 Å². The summed E-state index contributed by atoms with van der Waals surface area (Å²) in [5, 5.41) is 2.68. The first-order valence-electron chi connectivity index (χ1n) is 8.43. The van der Waals surface area contributed by atoms with Gasteiger partial charge in [-0.3, -0.25) is 4.79 Å². The second-order valence-electron chi connectivity index (χ2n) is 5.91. The van der Waals surface area contributed by atoms with E-state index in [2.05, 4.69) is 4.98 Å². The normalized spacial score (nSPS) is 12.2. The predicted molar refractivity (Wildman–Crippen MR) is 101 cm³/mol. The quantitative estimate of drug-likeness (QED) is 0.679. The average molecular weight is 366 g/mol. The number of ether oxygens (including phenoxy) is 2. The van der Waals surface area contributed by atoms with E-state index in [9.17, 15) is 4.79 Å². The molecule has 0 aliphatic carbocycles. The van der Waals surface area contributed by atoms with Crippen LogP contribution in [0.4, 0.5) is 0 Å². The van der Waals surface area contributed by atoms with Crippen LogP contribution in [0.5, 0.6) is 11.5 Å². The number of hydrogen-bond acceptors (Lipinski definition) is 5. The van der Waals surface area contributed by atoms with Gasteiger partial charge in [0.1, 0.15) is 10.7 Å². The van der Waals surface area contributed by atoms with Gasteiger partial charge in [0.05, 0.1) is 0 Å². The van der Waals surface area contributed by atoms with Crippen LogP contribution in [0.3, 0.4) is 0 Å². The fourth-order valence-electron chi connectivity index (χ4n) is 2.83. The Balaban J connectivity index is 1.51. The number of hydrogen-bond donors (Lipinski definition) is 0. The number of amides is 1. The van der Waals surface area contributed by atoms with E-state index in [0.717, 1.165) is 27.6 Å². The van der Waals surface area contributed by atoms with Crippen molar-refractivity contribution in [1.29, 1.82) is 0 Å². The summed E-state index contributed by atoms with van der Waals surface area (Å²) in [6.07, 6.45) is 0. The van der Waals surface area contributed by atoms with Gasteiger partial charge < -0.3 is 14.4 Å². The average Bonchev–Trinajstić information content (AvgIpc) is 3.35. The fraction of sp³-hybridized carbons (Fsp3) is 0.200. The molecule has 2 aromatic carbocycles. The minimum atomic E-state index is -0.0661. The van der Waals surface area contributed by atoms with Crippen LogP contribution in [-0.4, -0.2) is 29.1 Å². The Bertz CT molecular complexity index is 924. The Kier molecular flexibility index (Phi) is 4.58. The zero-order chi connectivity index (χ0) is 17.9. The number of carbonyl (C=O) groups is 1. The molecule has 26 heavy (non-hydrogen) atoms. The molecule has 0 saturated carbocycles. The monoisotopic (exact) mass is 366 g/mol. The molecule has 0 saturated heterocycles. The highest BCUT2D eigenvalue weighted by Crippen LogP contribution is 2.33. The van der Waals surface area contributed by atoms with Crippen molar-refractivity contribution in [2.75, 3.05) is 13.3 Å². The van der Waals surface area contributed by atoms with Crippen LogP contribution in [0.2, 0.25) is 0 Å². The van der Waals surface area contributed by atoms with Gasteiger partial charge >= 0.3 is 0 Å². The Morgan fingerprint density at radius 1 is 1.15 bits per heavy atom. The predicted octanol–water partition coefficient (Wildman–Crippen LogP) is 4.20. The zero-order valence-electron chi connectivity index (χ0n) is 14.3. The van der Waals surface area contributed by atoms with E-state index in [1.807, 2.05) is 60.8 Å². The lowest BCUT2D eigenvalue weighted by Crippen LogP contribution is -2.30. The van der Waals surface area contributed by atoms with E-state index in [-0.39, 0.29) is 12.7 Å².